The van der Waals surface area contributed by atoms with Gasteiger partial charge in [-0.05, 0) is 43.2 Å². The van der Waals surface area contributed by atoms with Crippen molar-refractivity contribution in [1.82, 2.24) is 4.90 Å². The molecule has 0 aromatic heterocycles. The predicted octanol–water partition coefficient (Wildman–Crippen LogP) is 3.63. The smallest absolute Gasteiger partial charge is 0.304 e. The lowest BCUT2D eigenvalue weighted by atomic mass is 10.0. The van der Waals surface area contributed by atoms with Gasteiger partial charge in [-0.1, -0.05) is 36.0 Å². The van der Waals surface area contributed by atoms with Crippen LogP contribution in [-0.4, -0.2) is 56.5 Å². The van der Waals surface area contributed by atoms with Gasteiger partial charge in [0.05, 0.1) is 12.5 Å². The number of aliphatic hydroxyl groups excluding tert-OH is 1. The molecule has 1 amide bonds. The van der Waals surface area contributed by atoms with E-state index in [9.17, 15) is 14.7 Å². The molecule has 0 aliphatic carbocycles. The number of amides is 1. The fraction of sp³-hybridized carbons (Fsp3) is 0.500. The topological polar surface area (TPSA) is 77.8 Å². The third kappa shape index (κ3) is 8.41. The normalized spacial score (nSPS) is 18.8. The van der Waals surface area contributed by atoms with E-state index >= 15 is 0 Å². The monoisotopic (exact) mass is 409 g/mol. The van der Waals surface area contributed by atoms with Gasteiger partial charge in [0, 0.05) is 23.6 Å². The lowest BCUT2D eigenvalue weighted by molar-refractivity contribution is -0.136. The average molecular weight is 410 g/mol. The first-order valence-corrected chi connectivity index (χ1v) is 11.3. The van der Waals surface area contributed by atoms with Crippen LogP contribution in [0.1, 0.15) is 32.1 Å². The van der Waals surface area contributed by atoms with Crippen molar-refractivity contribution in [3.63, 3.8) is 0 Å². The number of likely N-dealkylation sites (tertiary alicyclic amines) is 1. The van der Waals surface area contributed by atoms with Crippen LogP contribution in [0.2, 0.25) is 0 Å². The summed E-state index contributed by atoms with van der Waals surface area (Å²) < 4.78 is 0. The van der Waals surface area contributed by atoms with Gasteiger partial charge in [-0.2, -0.15) is 11.8 Å². The molecule has 1 aliphatic rings. The van der Waals surface area contributed by atoms with E-state index in [2.05, 4.69) is 0 Å². The maximum absolute atomic E-state index is 12.3. The summed E-state index contributed by atoms with van der Waals surface area (Å²) in [6.45, 7) is 0.676. The number of rotatable bonds is 11. The SMILES string of the molecule is O=C(O)CCSCCCN1C(=O)CCC[C@@H]1C=CC(O)Sc1ccccc1. The first-order valence-electron chi connectivity index (χ1n) is 9.23. The molecule has 27 heavy (non-hydrogen) atoms. The van der Waals surface area contributed by atoms with Crippen molar-refractivity contribution in [3.05, 3.63) is 42.5 Å². The van der Waals surface area contributed by atoms with Gasteiger partial charge in [-0.3, -0.25) is 9.59 Å². The van der Waals surface area contributed by atoms with Crippen molar-refractivity contribution in [2.24, 2.45) is 0 Å². The number of thioether (sulfide) groups is 2. The molecular weight excluding hydrogens is 382 g/mol. The highest BCUT2D eigenvalue weighted by Gasteiger charge is 2.25. The Morgan fingerprint density at radius 3 is 2.81 bits per heavy atom. The zero-order valence-corrected chi connectivity index (χ0v) is 17.0. The number of aliphatic hydroxyl groups is 1. The number of carboxylic acids is 1. The molecule has 2 N–H and O–H groups in total. The molecule has 2 rings (SSSR count). The quantitative estimate of drug-likeness (QED) is 0.251. The van der Waals surface area contributed by atoms with Crippen LogP contribution in [-0.2, 0) is 9.59 Å². The maximum atomic E-state index is 12.3. The Hall–Kier alpha value is -1.44. The molecule has 5 nitrogen and oxygen atoms in total. The Bertz CT molecular complexity index is 624. The molecule has 0 saturated carbocycles. The summed E-state index contributed by atoms with van der Waals surface area (Å²) in [7, 11) is 0. The Labute approximate surface area is 169 Å². The number of benzene rings is 1. The molecule has 0 bridgehead atoms. The lowest BCUT2D eigenvalue weighted by Crippen LogP contribution is -2.43. The number of carboxylic acid groups (broad SMARTS) is 1. The van der Waals surface area contributed by atoms with Gasteiger partial charge in [-0.15, -0.1) is 0 Å². The van der Waals surface area contributed by atoms with Gasteiger partial charge < -0.3 is 15.1 Å². The number of nitrogens with zero attached hydrogens (tertiary/aromatic N) is 1. The summed E-state index contributed by atoms with van der Waals surface area (Å²) in [4.78, 5) is 25.7. The number of piperidine rings is 1. The Morgan fingerprint density at radius 1 is 1.30 bits per heavy atom. The van der Waals surface area contributed by atoms with Crippen molar-refractivity contribution in [3.8, 4) is 0 Å². The molecule has 1 saturated heterocycles. The molecule has 2 atom stereocenters. The number of hydrogen-bond acceptors (Lipinski definition) is 5. The van der Waals surface area contributed by atoms with Crippen molar-refractivity contribution in [1.29, 1.82) is 0 Å². The van der Waals surface area contributed by atoms with Crippen LogP contribution in [0.25, 0.3) is 0 Å². The number of carbonyl (C=O) groups is 2. The minimum atomic E-state index is -0.772. The third-order valence-electron chi connectivity index (χ3n) is 4.26. The molecule has 1 aromatic rings. The van der Waals surface area contributed by atoms with Crippen LogP contribution in [0.15, 0.2) is 47.4 Å². The summed E-state index contributed by atoms with van der Waals surface area (Å²) >= 11 is 2.99. The van der Waals surface area contributed by atoms with E-state index in [1.165, 1.54) is 11.8 Å². The van der Waals surface area contributed by atoms with Crippen LogP contribution in [0, 0.1) is 0 Å². The van der Waals surface area contributed by atoms with Crippen molar-refractivity contribution in [2.45, 2.75) is 48.5 Å². The van der Waals surface area contributed by atoms with Gasteiger partial charge in [0.25, 0.3) is 0 Å². The van der Waals surface area contributed by atoms with E-state index in [4.69, 9.17) is 5.11 Å². The van der Waals surface area contributed by atoms with Crippen LogP contribution < -0.4 is 0 Å². The van der Waals surface area contributed by atoms with Crippen LogP contribution in [0.3, 0.4) is 0 Å². The summed E-state index contributed by atoms with van der Waals surface area (Å²) in [5.41, 5.74) is -0.641. The summed E-state index contributed by atoms with van der Waals surface area (Å²) in [6.07, 6.45) is 7.12. The highest BCUT2D eigenvalue weighted by Crippen LogP contribution is 2.24. The van der Waals surface area contributed by atoms with E-state index < -0.39 is 11.4 Å². The molecular formula is C20H27NO4S2. The van der Waals surface area contributed by atoms with Crippen molar-refractivity contribution in [2.75, 3.05) is 18.1 Å². The van der Waals surface area contributed by atoms with Gasteiger partial charge >= 0.3 is 5.97 Å². The van der Waals surface area contributed by atoms with Gasteiger partial charge in [0.15, 0.2) is 0 Å². The minimum Gasteiger partial charge on any atom is -0.481 e. The number of carbonyl (C=O) groups excluding carboxylic acids is 1. The molecule has 1 aliphatic heterocycles. The standard InChI is InChI=1S/C20H27NO4S2/c22-18-9-4-6-16(21(18)13-5-14-26-15-12-19(23)24)10-11-20(25)27-17-7-2-1-3-8-17/h1-3,7-8,10-11,16,20,25H,4-6,9,12-15H2,(H,23,24)/t16-,20?/m1/s1. The summed E-state index contributed by atoms with van der Waals surface area (Å²) in [5.74, 6) is 0.845. The summed E-state index contributed by atoms with van der Waals surface area (Å²) in [6, 6.07) is 9.77. The first-order chi connectivity index (χ1) is 13.1. The molecule has 1 fully saturated rings. The molecule has 1 heterocycles. The highest BCUT2D eigenvalue weighted by molar-refractivity contribution is 8.00. The number of aliphatic carboxylic acids is 1. The minimum absolute atomic E-state index is 0.0290. The maximum Gasteiger partial charge on any atom is 0.304 e. The molecule has 0 spiro atoms. The average Bonchev–Trinajstić information content (AvgIpc) is 2.65. The van der Waals surface area contributed by atoms with Gasteiger partial charge in [-0.25, -0.2) is 0 Å². The second-order valence-corrected chi connectivity index (χ2v) is 8.78. The first kappa shape index (κ1) is 21.9. The Kier molecular flexibility index (Phi) is 9.80. The van der Waals surface area contributed by atoms with Crippen LogP contribution in [0.4, 0.5) is 0 Å². The van der Waals surface area contributed by atoms with E-state index in [1.54, 1.807) is 17.8 Å². The van der Waals surface area contributed by atoms with Crippen LogP contribution in [0.5, 0.6) is 0 Å². The zero-order valence-electron chi connectivity index (χ0n) is 15.3. The van der Waals surface area contributed by atoms with E-state index in [0.29, 0.717) is 18.7 Å². The van der Waals surface area contributed by atoms with Crippen molar-refractivity contribution >= 4 is 35.4 Å². The zero-order chi connectivity index (χ0) is 19.5. The molecule has 0 radical (unpaired) electrons. The van der Waals surface area contributed by atoms with Crippen LogP contribution >= 0.6 is 23.5 Å². The Morgan fingerprint density at radius 2 is 2.07 bits per heavy atom. The fourth-order valence-electron chi connectivity index (χ4n) is 2.94. The second kappa shape index (κ2) is 12.1. The number of hydrogen-bond donors (Lipinski definition) is 2. The van der Waals surface area contributed by atoms with E-state index in [1.807, 2.05) is 41.3 Å². The van der Waals surface area contributed by atoms with E-state index in [-0.39, 0.29) is 18.4 Å². The fourth-order valence-corrected chi connectivity index (χ4v) is 4.56. The van der Waals surface area contributed by atoms with Gasteiger partial charge in [0.1, 0.15) is 5.44 Å². The lowest BCUT2D eigenvalue weighted by Gasteiger charge is -2.34. The van der Waals surface area contributed by atoms with Crippen molar-refractivity contribution < 1.29 is 19.8 Å². The molecule has 1 unspecified atom stereocenters. The second-order valence-electron chi connectivity index (χ2n) is 6.36. The highest BCUT2D eigenvalue weighted by atomic mass is 32.2. The van der Waals surface area contributed by atoms with Gasteiger partial charge in [0.2, 0.25) is 5.91 Å². The predicted molar refractivity (Wildman–Crippen MR) is 111 cm³/mol. The largest absolute Gasteiger partial charge is 0.481 e. The molecule has 1 aromatic carbocycles. The molecule has 7 heteroatoms. The molecule has 148 valence electrons. The summed E-state index contributed by atoms with van der Waals surface area (Å²) in [5, 5.41) is 18.9. The third-order valence-corrected chi connectivity index (χ3v) is 6.27. The van der Waals surface area contributed by atoms with E-state index in [0.717, 1.165) is 29.9 Å². The Balaban J connectivity index is 1.79.